The fourth-order valence-electron chi connectivity index (χ4n) is 3.38. The van der Waals surface area contributed by atoms with E-state index < -0.39 is 0 Å². The van der Waals surface area contributed by atoms with E-state index in [0.29, 0.717) is 5.92 Å². The molecule has 2 heteroatoms. The molecule has 1 saturated carbocycles. The first-order valence-electron chi connectivity index (χ1n) is 6.63. The minimum absolute atomic E-state index is 0.0294. The van der Waals surface area contributed by atoms with Gasteiger partial charge in [0, 0.05) is 11.1 Å². The Hall–Kier alpha value is -0.530. The summed E-state index contributed by atoms with van der Waals surface area (Å²) < 4.78 is 0. The van der Waals surface area contributed by atoms with Crippen molar-refractivity contribution < 1.29 is 0 Å². The second-order valence-corrected chi connectivity index (χ2v) is 7.31. The maximum absolute atomic E-state index is 6.49. The van der Waals surface area contributed by atoms with Gasteiger partial charge in [-0.15, -0.1) is 0 Å². The van der Waals surface area contributed by atoms with Crippen molar-refractivity contribution in [2.45, 2.75) is 47.6 Å². The number of rotatable bonds is 2. The highest BCUT2D eigenvalue weighted by molar-refractivity contribution is 6.31. The lowest BCUT2D eigenvalue weighted by atomic mass is 9.94. The molecule has 0 radical (unpaired) electrons. The van der Waals surface area contributed by atoms with E-state index in [-0.39, 0.29) is 16.9 Å². The average Bonchev–Trinajstić information content (AvgIpc) is 2.62. The Morgan fingerprint density at radius 2 is 1.50 bits per heavy atom. The predicted octanol–water partition coefficient (Wildman–Crippen LogP) is 4.64. The van der Waals surface area contributed by atoms with Crippen molar-refractivity contribution in [3.63, 3.8) is 0 Å². The Balaban J connectivity index is 2.37. The monoisotopic (exact) mass is 265 g/mol. The van der Waals surface area contributed by atoms with Crippen LogP contribution in [-0.2, 0) is 0 Å². The van der Waals surface area contributed by atoms with Crippen molar-refractivity contribution in [3.05, 3.63) is 33.8 Å². The summed E-state index contributed by atoms with van der Waals surface area (Å²) >= 11 is 6.37. The van der Waals surface area contributed by atoms with E-state index >= 15 is 0 Å². The third kappa shape index (κ3) is 1.80. The molecule has 0 aliphatic heterocycles. The van der Waals surface area contributed by atoms with Crippen LogP contribution in [-0.4, -0.2) is 0 Å². The van der Waals surface area contributed by atoms with Crippen LogP contribution in [0.3, 0.4) is 0 Å². The van der Waals surface area contributed by atoms with Crippen molar-refractivity contribution in [3.8, 4) is 0 Å². The molecule has 0 amide bonds. The lowest BCUT2D eigenvalue weighted by Gasteiger charge is -2.17. The number of hydrogen-bond acceptors (Lipinski definition) is 1. The molecule has 1 nitrogen and oxygen atoms in total. The molecule has 0 saturated heterocycles. The summed E-state index contributed by atoms with van der Waals surface area (Å²) in [4.78, 5) is 0. The third-order valence-electron chi connectivity index (χ3n) is 5.46. The Kier molecular flexibility index (Phi) is 3.07. The summed E-state index contributed by atoms with van der Waals surface area (Å²) in [6.07, 6.45) is 0. The van der Waals surface area contributed by atoms with Gasteiger partial charge in [0.25, 0.3) is 0 Å². The highest BCUT2D eigenvalue weighted by atomic mass is 35.5. The van der Waals surface area contributed by atoms with Crippen LogP contribution in [0.5, 0.6) is 0 Å². The topological polar surface area (TPSA) is 26.0 Å². The summed E-state index contributed by atoms with van der Waals surface area (Å²) in [5.41, 5.74) is 10.7. The van der Waals surface area contributed by atoms with Gasteiger partial charge in [-0.2, -0.15) is 0 Å². The van der Waals surface area contributed by atoms with Crippen LogP contribution in [0.1, 0.15) is 50.4 Å². The molecule has 0 aromatic heterocycles. The molecule has 1 aromatic rings. The second-order valence-electron chi connectivity index (χ2n) is 6.90. The van der Waals surface area contributed by atoms with Crippen LogP contribution in [0.25, 0.3) is 0 Å². The van der Waals surface area contributed by atoms with E-state index in [0.717, 1.165) is 10.6 Å². The zero-order valence-electron chi connectivity index (χ0n) is 12.3. The Morgan fingerprint density at radius 3 is 1.94 bits per heavy atom. The van der Waals surface area contributed by atoms with Crippen molar-refractivity contribution in [2.24, 2.45) is 22.5 Å². The standard InChI is InChI=1S/C16H24ClN/c1-9-7-11(12(17)8-10(9)2)13(18)14-15(3,4)16(14,5)6/h7-8,13-14H,18H2,1-6H3. The first-order valence-corrected chi connectivity index (χ1v) is 7.00. The Bertz CT molecular complexity index is 474. The number of benzene rings is 1. The van der Waals surface area contributed by atoms with Crippen LogP contribution in [0.15, 0.2) is 12.1 Å². The van der Waals surface area contributed by atoms with Gasteiger partial charge in [0.15, 0.2) is 0 Å². The van der Waals surface area contributed by atoms with Crippen LogP contribution in [0, 0.1) is 30.6 Å². The van der Waals surface area contributed by atoms with Gasteiger partial charge in [-0.05, 0) is 53.4 Å². The van der Waals surface area contributed by atoms with E-state index in [2.05, 4.69) is 47.6 Å². The summed E-state index contributed by atoms with van der Waals surface area (Å²) in [5.74, 6) is 0.490. The first kappa shape index (κ1) is 13.9. The van der Waals surface area contributed by atoms with Crippen LogP contribution < -0.4 is 5.73 Å². The smallest absolute Gasteiger partial charge is 0.0456 e. The lowest BCUT2D eigenvalue weighted by Crippen LogP contribution is -2.17. The average molecular weight is 266 g/mol. The van der Waals surface area contributed by atoms with Gasteiger partial charge >= 0.3 is 0 Å². The second kappa shape index (κ2) is 3.98. The maximum atomic E-state index is 6.49. The lowest BCUT2D eigenvalue weighted by molar-refractivity contribution is 0.457. The summed E-state index contributed by atoms with van der Waals surface area (Å²) in [6.45, 7) is 13.4. The molecule has 1 fully saturated rings. The highest BCUT2D eigenvalue weighted by Crippen LogP contribution is 2.72. The molecule has 0 spiro atoms. The van der Waals surface area contributed by atoms with Gasteiger partial charge in [-0.25, -0.2) is 0 Å². The van der Waals surface area contributed by atoms with Crippen LogP contribution in [0.4, 0.5) is 0 Å². The number of hydrogen-bond donors (Lipinski definition) is 1. The normalized spacial score (nSPS) is 22.9. The van der Waals surface area contributed by atoms with E-state index in [1.165, 1.54) is 11.1 Å². The zero-order chi connectivity index (χ0) is 13.9. The SMILES string of the molecule is Cc1cc(Cl)c(C(N)C2C(C)(C)C2(C)C)cc1C. The largest absolute Gasteiger partial charge is 0.324 e. The van der Waals surface area contributed by atoms with Crippen molar-refractivity contribution in [1.82, 2.24) is 0 Å². The van der Waals surface area contributed by atoms with Gasteiger partial charge in [0.05, 0.1) is 0 Å². The molecule has 1 aliphatic carbocycles. The summed E-state index contributed by atoms with van der Waals surface area (Å²) in [7, 11) is 0. The van der Waals surface area contributed by atoms with Crippen LogP contribution in [0.2, 0.25) is 5.02 Å². The molecule has 0 bridgehead atoms. The maximum Gasteiger partial charge on any atom is 0.0456 e. The van der Waals surface area contributed by atoms with Gasteiger partial charge in [0.1, 0.15) is 0 Å². The molecule has 1 aromatic carbocycles. The molecule has 1 aliphatic rings. The van der Waals surface area contributed by atoms with Crippen molar-refractivity contribution >= 4 is 11.6 Å². The van der Waals surface area contributed by atoms with Gasteiger partial charge in [0.2, 0.25) is 0 Å². The minimum Gasteiger partial charge on any atom is -0.324 e. The number of halogens is 1. The quantitative estimate of drug-likeness (QED) is 0.828. The van der Waals surface area contributed by atoms with Gasteiger partial charge < -0.3 is 5.73 Å². The van der Waals surface area contributed by atoms with Crippen molar-refractivity contribution in [1.29, 1.82) is 0 Å². The molecule has 100 valence electrons. The summed E-state index contributed by atoms with van der Waals surface area (Å²) in [5, 5.41) is 0.809. The van der Waals surface area contributed by atoms with Crippen LogP contribution >= 0.6 is 11.6 Å². The van der Waals surface area contributed by atoms with Crippen molar-refractivity contribution in [2.75, 3.05) is 0 Å². The third-order valence-corrected chi connectivity index (χ3v) is 5.79. The first-order chi connectivity index (χ1) is 8.10. The molecular formula is C16H24ClN. The van der Waals surface area contributed by atoms with Gasteiger partial charge in [-0.1, -0.05) is 45.4 Å². The predicted molar refractivity (Wildman–Crippen MR) is 78.9 cm³/mol. The Labute approximate surface area is 116 Å². The van der Waals surface area contributed by atoms with E-state index in [4.69, 9.17) is 17.3 Å². The molecule has 0 heterocycles. The number of aryl methyl sites for hydroxylation is 2. The molecule has 1 unspecified atom stereocenters. The van der Waals surface area contributed by atoms with E-state index in [1.807, 2.05) is 6.07 Å². The Morgan fingerprint density at radius 1 is 1.06 bits per heavy atom. The molecular weight excluding hydrogens is 242 g/mol. The van der Waals surface area contributed by atoms with Gasteiger partial charge in [-0.3, -0.25) is 0 Å². The molecule has 1 atom stereocenters. The zero-order valence-corrected chi connectivity index (χ0v) is 13.0. The fraction of sp³-hybridized carbons (Fsp3) is 0.625. The molecule has 2 N–H and O–H groups in total. The van der Waals surface area contributed by atoms with E-state index in [9.17, 15) is 0 Å². The number of nitrogens with two attached hydrogens (primary N) is 1. The minimum atomic E-state index is 0.0294. The highest BCUT2D eigenvalue weighted by Gasteiger charge is 2.66. The summed E-state index contributed by atoms with van der Waals surface area (Å²) in [6, 6.07) is 4.23. The molecule has 18 heavy (non-hydrogen) atoms. The molecule has 2 rings (SSSR count). The van der Waals surface area contributed by atoms with E-state index in [1.54, 1.807) is 0 Å². The fourth-order valence-corrected chi connectivity index (χ4v) is 3.73.